The van der Waals surface area contributed by atoms with Crippen LogP contribution in [0.4, 0.5) is 0 Å². The number of hydrogen-bond donors (Lipinski definition) is 0. The molecule has 0 N–H and O–H groups in total. The molecule has 12 heavy (non-hydrogen) atoms. The molecule has 0 saturated heterocycles. The topological polar surface area (TPSA) is 12.9 Å². The van der Waals surface area contributed by atoms with Crippen molar-refractivity contribution in [3.63, 3.8) is 0 Å². The molecule has 1 aromatic rings. The van der Waals surface area contributed by atoms with Crippen LogP contribution in [0.15, 0.2) is 12.2 Å². The van der Waals surface area contributed by atoms with Gasteiger partial charge in [-0.25, -0.2) is 4.98 Å². The zero-order valence-electron chi connectivity index (χ0n) is 7.08. The van der Waals surface area contributed by atoms with Crippen LogP contribution >= 0.6 is 11.3 Å². The summed E-state index contributed by atoms with van der Waals surface area (Å²) in [7, 11) is 0. The lowest BCUT2D eigenvalue weighted by atomic mass is 10.3. The van der Waals surface area contributed by atoms with E-state index in [0.717, 1.165) is 18.5 Å². The van der Waals surface area contributed by atoms with Gasteiger partial charge in [0.2, 0.25) is 0 Å². The van der Waals surface area contributed by atoms with Crippen molar-refractivity contribution in [2.24, 2.45) is 0 Å². The van der Waals surface area contributed by atoms with E-state index in [0.29, 0.717) is 0 Å². The quantitative estimate of drug-likeness (QED) is 0.642. The monoisotopic (exact) mass is 177 g/mol. The summed E-state index contributed by atoms with van der Waals surface area (Å²) in [6.07, 6.45) is 10.7. The fourth-order valence-electron chi connectivity index (χ4n) is 1.21. The molecule has 2 rings (SSSR count). The van der Waals surface area contributed by atoms with Crippen LogP contribution in [0.25, 0.3) is 12.2 Å². The first kappa shape index (κ1) is 7.74. The van der Waals surface area contributed by atoms with Crippen molar-refractivity contribution >= 4 is 23.5 Å². The first-order valence-electron chi connectivity index (χ1n) is 4.23. The summed E-state index contributed by atoms with van der Waals surface area (Å²) in [5.41, 5.74) is 1.14. The lowest BCUT2D eigenvalue weighted by Gasteiger charge is -1.83. The van der Waals surface area contributed by atoms with Gasteiger partial charge in [0.25, 0.3) is 0 Å². The third-order valence-corrected chi connectivity index (χ3v) is 3.03. The number of thiazole rings is 1. The van der Waals surface area contributed by atoms with E-state index in [2.05, 4.69) is 36.2 Å². The maximum Gasteiger partial charge on any atom is 0.0935 e. The number of rotatable bonds is 1. The number of fused-ring (bicyclic) bond motifs is 1. The lowest BCUT2D eigenvalue weighted by Crippen LogP contribution is -1.77. The molecule has 62 valence electrons. The molecule has 0 fully saturated rings. The standard InChI is InChI=1S/C10H11NS/c1-2-10-11-8-6-4-3-5-7-9(8)12-10/h4-7H,2-3H2,1H3. The molecule has 0 spiro atoms. The Balaban J connectivity index is 2.46. The fraction of sp³-hybridized carbons (Fsp3) is 0.300. The van der Waals surface area contributed by atoms with Gasteiger partial charge in [-0.1, -0.05) is 19.1 Å². The number of nitrogens with zero attached hydrogens (tertiary/aromatic N) is 1. The highest BCUT2D eigenvalue weighted by Crippen LogP contribution is 2.23. The van der Waals surface area contributed by atoms with Gasteiger partial charge in [0.1, 0.15) is 0 Å². The normalized spacial score (nSPS) is 14.4. The smallest absolute Gasteiger partial charge is 0.0935 e. The van der Waals surface area contributed by atoms with Gasteiger partial charge in [-0.2, -0.15) is 0 Å². The molecular formula is C10H11NS. The van der Waals surface area contributed by atoms with E-state index < -0.39 is 0 Å². The van der Waals surface area contributed by atoms with Crippen molar-refractivity contribution in [2.45, 2.75) is 19.8 Å². The number of hydrogen-bond acceptors (Lipinski definition) is 2. The van der Waals surface area contributed by atoms with Crippen LogP contribution < -0.4 is 0 Å². The maximum atomic E-state index is 4.51. The van der Waals surface area contributed by atoms with Crippen molar-refractivity contribution in [1.82, 2.24) is 4.98 Å². The molecule has 1 aliphatic carbocycles. The minimum Gasteiger partial charge on any atom is -0.241 e. The molecule has 1 heterocycles. The summed E-state index contributed by atoms with van der Waals surface area (Å²) in [6.45, 7) is 2.14. The Kier molecular flexibility index (Phi) is 2.09. The summed E-state index contributed by atoms with van der Waals surface area (Å²) < 4.78 is 0. The van der Waals surface area contributed by atoms with Crippen molar-refractivity contribution in [1.29, 1.82) is 0 Å². The predicted molar refractivity (Wildman–Crippen MR) is 54.2 cm³/mol. The molecule has 0 unspecified atom stereocenters. The van der Waals surface area contributed by atoms with Gasteiger partial charge in [-0.3, -0.25) is 0 Å². The first-order valence-corrected chi connectivity index (χ1v) is 5.04. The zero-order valence-corrected chi connectivity index (χ0v) is 7.90. The van der Waals surface area contributed by atoms with Crippen LogP contribution in [-0.2, 0) is 6.42 Å². The highest BCUT2D eigenvalue weighted by Gasteiger charge is 2.05. The van der Waals surface area contributed by atoms with E-state index in [1.54, 1.807) is 11.3 Å². The number of allylic oxidation sites excluding steroid dienone is 2. The van der Waals surface area contributed by atoms with E-state index in [1.165, 1.54) is 9.88 Å². The van der Waals surface area contributed by atoms with Crippen LogP contribution in [0.2, 0.25) is 0 Å². The van der Waals surface area contributed by atoms with E-state index in [4.69, 9.17) is 0 Å². The molecule has 0 radical (unpaired) electrons. The van der Waals surface area contributed by atoms with Crippen LogP contribution in [0, 0.1) is 0 Å². The van der Waals surface area contributed by atoms with Crippen molar-refractivity contribution < 1.29 is 0 Å². The van der Waals surface area contributed by atoms with E-state index in [1.807, 2.05) is 0 Å². The first-order chi connectivity index (χ1) is 5.90. The van der Waals surface area contributed by atoms with Gasteiger partial charge < -0.3 is 0 Å². The number of aryl methyl sites for hydroxylation is 1. The fourth-order valence-corrected chi connectivity index (χ4v) is 2.14. The molecule has 1 nitrogen and oxygen atoms in total. The van der Waals surface area contributed by atoms with Crippen LogP contribution in [0.5, 0.6) is 0 Å². The molecule has 0 saturated carbocycles. The van der Waals surface area contributed by atoms with Crippen molar-refractivity contribution in [3.8, 4) is 0 Å². The SMILES string of the molecule is CCc1nc2c(s1)C=CCC=C2. The second-order valence-corrected chi connectivity index (χ2v) is 3.87. The largest absolute Gasteiger partial charge is 0.241 e. The molecule has 0 bridgehead atoms. The Morgan fingerprint density at radius 1 is 1.42 bits per heavy atom. The maximum absolute atomic E-state index is 4.51. The van der Waals surface area contributed by atoms with Crippen LogP contribution in [0.1, 0.15) is 28.9 Å². The minimum absolute atomic E-state index is 1.03. The van der Waals surface area contributed by atoms with Gasteiger partial charge in [0.05, 0.1) is 15.6 Å². The van der Waals surface area contributed by atoms with Gasteiger partial charge >= 0.3 is 0 Å². The summed E-state index contributed by atoms with van der Waals surface area (Å²) in [5, 5.41) is 1.23. The van der Waals surface area contributed by atoms with Crippen molar-refractivity contribution in [2.75, 3.05) is 0 Å². The van der Waals surface area contributed by atoms with Crippen molar-refractivity contribution in [3.05, 3.63) is 27.7 Å². The Bertz CT molecular complexity index is 304. The van der Waals surface area contributed by atoms with Gasteiger partial charge in [-0.05, 0) is 25.0 Å². The van der Waals surface area contributed by atoms with E-state index in [9.17, 15) is 0 Å². The summed E-state index contributed by atoms with van der Waals surface area (Å²) in [6, 6.07) is 0. The Morgan fingerprint density at radius 2 is 2.25 bits per heavy atom. The lowest BCUT2D eigenvalue weighted by molar-refractivity contribution is 1.09. The van der Waals surface area contributed by atoms with Gasteiger partial charge in [-0.15, -0.1) is 11.3 Å². The Morgan fingerprint density at radius 3 is 3.08 bits per heavy atom. The Labute approximate surface area is 76.5 Å². The van der Waals surface area contributed by atoms with Crippen LogP contribution in [0.3, 0.4) is 0 Å². The molecular weight excluding hydrogens is 166 g/mol. The van der Waals surface area contributed by atoms with Crippen LogP contribution in [-0.4, -0.2) is 4.98 Å². The molecule has 1 aromatic heterocycles. The second kappa shape index (κ2) is 3.23. The molecule has 1 aliphatic rings. The molecule has 0 aliphatic heterocycles. The van der Waals surface area contributed by atoms with Gasteiger partial charge in [0.15, 0.2) is 0 Å². The summed E-state index contributed by atoms with van der Waals surface area (Å²) in [5.74, 6) is 0. The summed E-state index contributed by atoms with van der Waals surface area (Å²) in [4.78, 5) is 5.82. The predicted octanol–water partition coefficient (Wildman–Crippen LogP) is 3.14. The molecule has 0 atom stereocenters. The zero-order chi connectivity index (χ0) is 8.39. The molecule has 2 heteroatoms. The highest BCUT2D eigenvalue weighted by molar-refractivity contribution is 7.12. The molecule has 0 amide bonds. The highest BCUT2D eigenvalue weighted by atomic mass is 32.1. The average Bonchev–Trinajstić information content (AvgIpc) is 2.37. The third-order valence-electron chi connectivity index (χ3n) is 1.84. The second-order valence-electron chi connectivity index (χ2n) is 2.75. The minimum atomic E-state index is 1.03. The molecule has 0 aromatic carbocycles. The Hall–Kier alpha value is -0.890. The summed E-state index contributed by atoms with van der Waals surface area (Å²) >= 11 is 1.80. The van der Waals surface area contributed by atoms with Gasteiger partial charge in [0, 0.05) is 0 Å². The third kappa shape index (κ3) is 1.34. The number of aromatic nitrogens is 1. The average molecular weight is 177 g/mol. The van der Waals surface area contributed by atoms with E-state index >= 15 is 0 Å². The van der Waals surface area contributed by atoms with E-state index in [-0.39, 0.29) is 0 Å².